The van der Waals surface area contributed by atoms with Crippen molar-refractivity contribution >= 4 is 28.2 Å². The minimum Gasteiger partial charge on any atom is -0.354 e. The van der Waals surface area contributed by atoms with Crippen LogP contribution < -0.4 is 10.2 Å². The number of carbonyl (C=O) groups excluding carboxylic acids is 1. The molecule has 2 heterocycles. The van der Waals surface area contributed by atoms with Crippen LogP contribution in [0.25, 0.3) is 10.8 Å². The van der Waals surface area contributed by atoms with Crippen molar-refractivity contribution in [2.24, 2.45) is 5.92 Å². The van der Waals surface area contributed by atoms with E-state index in [2.05, 4.69) is 32.5 Å². The summed E-state index contributed by atoms with van der Waals surface area (Å²) in [7, 11) is 0. The molecule has 1 saturated heterocycles. The molecule has 3 aromatic rings. The molecule has 1 aliphatic heterocycles. The standard InChI is InChI=1S/C21H22N4O/c1-15-11-12-20(24-23-15)25-13-5-8-17(14-25)21(26)22-19-10-4-7-16-6-2-3-9-18(16)19/h2-4,6-7,9-12,17H,5,8,13-14H2,1H3,(H,22,26). The van der Waals surface area contributed by atoms with Crippen molar-refractivity contribution in [3.63, 3.8) is 0 Å². The molecule has 1 unspecified atom stereocenters. The summed E-state index contributed by atoms with van der Waals surface area (Å²) >= 11 is 0. The lowest BCUT2D eigenvalue weighted by atomic mass is 9.96. The lowest BCUT2D eigenvalue weighted by Gasteiger charge is -2.32. The Morgan fingerprint density at radius 3 is 2.77 bits per heavy atom. The zero-order valence-electron chi connectivity index (χ0n) is 14.9. The highest BCUT2D eigenvalue weighted by atomic mass is 16.1. The molecule has 0 spiro atoms. The lowest BCUT2D eigenvalue weighted by Crippen LogP contribution is -2.41. The lowest BCUT2D eigenvalue weighted by molar-refractivity contribution is -0.120. The van der Waals surface area contributed by atoms with Crippen LogP contribution in [0.4, 0.5) is 11.5 Å². The van der Waals surface area contributed by atoms with Crippen LogP contribution in [0, 0.1) is 12.8 Å². The second-order valence-electron chi connectivity index (χ2n) is 6.83. The molecule has 0 bridgehead atoms. The zero-order valence-corrected chi connectivity index (χ0v) is 14.9. The Labute approximate surface area is 153 Å². The molecule has 5 heteroatoms. The number of aryl methyl sites for hydroxylation is 1. The van der Waals surface area contributed by atoms with Gasteiger partial charge in [0, 0.05) is 24.2 Å². The summed E-state index contributed by atoms with van der Waals surface area (Å²) in [6, 6.07) is 18.0. The first-order valence-corrected chi connectivity index (χ1v) is 9.04. The average Bonchev–Trinajstić information content (AvgIpc) is 2.69. The molecule has 0 aliphatic carbocycles. The maximum Gasteiger partial charge on any atom is 0.229 e. The maximum absolute atomic E-state index is 12.9. The van der Waals surface area contributed by atoms with Crippen molar-refractivity contribution in [2.45, 2.75) is 19.8 Å². The van der Waals surface area contributed by atoms with E-state index in [1.807, 2.05) is 49.4 Å². The Bertz CT molecular complexity index is 917. The van der Waals surface area contributed by atoms with Crippen LogP contribution >= 0.6 is 0 Å². The van der Waals surface area contributed by atoms with Gasteiger partial charge in [-0.15, -0.1) is 5.10 Å². The van der Waals surface area contributed by atoms with Crippen molar-refractivity contribution in [1.29, 1.82) is 0 Å². The monoisotopic (exact) mass is 346 g/mol. The van der Waals surface area contributed by atoms with Gasteiger partial charge in [-0.25, -0.2) is 0 Å². The third-order valence-corrected chi connectivity index (χ3v) is 4.95. The van der Waals surface area contributed by atoms with Crippen molar-refractivity contribution in [3.05, 3.63) is 60.3 Å². The van der Waals surface area contributed by atoms with Gasteiger partial charge in [-0.2, -0.15) is 5.10 Å². The van der Waals surface area contributed by atoms with E-state index in [9.17, 15) is 4.79 Å². The molecule has 0 saturated carbocycles. The smallest absolute Gasteiger partial charge is 0.229 e. The van der Waals surface area contributed by atoms with E-state index < -0.39 is 0 Å². The van der Waals surface area contributed by atoms with Crippen LogP contribution in [-0.4, -0.2) is 29.2 Å². The minimum absolute atomic E-state index is 0.0502. The fraction of sp³-hybridized carbons (Fsp3) is 0.286. The van der Waals surface area contributed by atoms with Gasteiger partial charge in [0.1, 0.15) is 0 Å². The van der Waals surface area contributed by atoms with Gasteiger partial charge < -0.3 is 10.2 Å². The number of amides is 1. The Morgan fingerprint density at radius 2 is 1.92 bits per heavy atom. The number of piperidine rings is 1. The van der Waals surface area contributed by atoms with E-state index in [0.29, 0.717) is 6.54 Å². The molecule has 1 aromatic heterocycles. The molecular formula is C21H22N4O. The van der Waals surface area contributed by atoms with Gasteiger partial charge in [0.05, 0.1) is 11.6 Å². The first-order valence-electron chi connectivity index (χ1n) is 9.04. The molecule has 2 aromatic carbocycles. The SMILES string of the molecule is Cc1ccc(N2CCCC(C(=O)Nc3cccc4ccccc34)C2)nn1. The largest absolute Gasteiger partial charge is 0.354 e. The van der Waals surface area contributed by atoms with Gasteiger partial charge >= 0.3 is 0 Å². The second-order valence-corrected chi connectivity index (χ2v) is 6.83. The van der Waals surface area contributed by atoms with Gasteiger partial charge in [-0.1, -0.05) is 36.4 Å². The fourth-order valence-corrected chi connectivity index (χ4v) is 3.53. The molecule has 132 valence electrons. The van der Waals surface area contributed by atoms with Crippen molar-refractivity contribution < 1.29 is 4.79 Å². The summed E-state index contributed by atoms with van der Waals surface area (Å²) in [4.78, 5) is 15.0. The van der Waals surface area contributed by atoms with E-state index in [1.165, 1.54) is 0 Å². The summed E-state index contributed by atoms with van der Waals surface area (Å²) in [6.45, 7) is 3.51. The number of benzene rings is 2. The number of hydrogen-bond donors (Lipinski definition) is 1. The van der Waals surface area contributed by atoms with E-state index in [0.717, 1.165) is 47.4 Å². The molecular weight excluding hydrogens is 324 g/mol. The normalized spacial score (nSPS) is 17.3. The molecule has 26 heavy (non-hydrogen) atoms. The summed E-state index contributed by atoms with van der Waals surface area (Å²) in [5.74, 6) is 0.871. The number of fused-ring (bicyclic) bond motifs is 1. The van der Waals surface area contributed by atoms with Crippen LogP contribution in [0.3, 0.4) is 0 Å². The Kier molecular flexibility index (Phi) is 4.52. The topological polar surface area (TPSA) is 58.1 Å². The van der Waals surface area contributed by atoms with Gasteiger partial charge in [-0.05, 0) is 43.4 Å². The second kappa shape index (κ2) is 7.12. The number of carbonyl (C=O) groups is 1. The van der Waals surface area contributed by atoms with Crippen molar-refractivity contribution in [3.8, 4) is 0 Å². The van der Waals surface area contributed by atoms with Crippen LogP contribution in [0.2, 0.25) is 0 Å². The zero-order chi connectivity index (χ0) is 17.9. The third-order valence-electron chi connectivity index (χ3n) is 4.95. The van der Waals surface area contributed by atoms with Crippen LogP contribution in [-0.2, 0) is 4.79 Å². The minimum atomic E-state index is -0.0502. The van der Waals surface area contributed by atoms with E-state index in [-0.39, 0.29) is 11.8 Å². The summed E-state index contributed by atoms with van der Waals surface area (Å²) in [5.41, 5.74) is 1.77. The van der Waals surface area contributed by atoms with Crippen molar-refractivity contribution in [2.75, 3.05) is 23.3 Å². The first-order chi connectivity index (χ1) is 12.7. The third kappa shape index (κ3) is 3.38. The van der Waals surface area contributed by atoms with E-state index >= 15 is 0 Å². The molecule has 1 N–H and O–H groups in total. The van der Waals surface area contributed by atoms with Gasteiger partial charge in [0.2, 0.25) is 5.91 Å². The summed E-state index contributed by atoms with van der Waals surface area (Å²) in [6.07, 6.45) is 1.87. The molecule has 0 radical (unpaired) electrons. The van der Waals surface area contributed by atoms with E-state index in [4.69, 9.17) is 0 Å². The van der Waals surface area contributed by atoms with Crippen LogP contribution in [0.1, 0.15) is 18.5 Å². The molecule has 1 fully saturated rings. The van der Waals surface area contributed by atoms with Crippen LogP contribution in [0.15, 0.2) is 54.6 Å². The summed E-state index contributed by atoms with van der Waals surface area (Å²) in [5, 5.41) is 13.7. The highest BCUT2D eigenvalue weighted by Crippen LogP contribution is 2.26. The van der Waals surface area contributed by atoms with Gasteiger partial charge in [0.25, 0.3) is 0 Å². The molecule has 1 amide bonds. The molecule has 4 rings (SSSR count). The summed E-state index contributed by atoms with van der Waals surface area (Å²) < 4.78 is 0. The van der Waals surface area contributed by atoms with E-state index in [1.54, 1.807) is 0 Å². The molecule has 1 aliphatic rings. The Hall–Kier alpha value is -2.95. The Morgan fingerprint density at radius 1 is 1.08 bits per heavy atom. The predicted octanol–water partition coefficient (Wildman–Crippen LogP) is 3.79. The maximum atomic E-state index is 12.9. The quantitative estimate of drug-likeness (QED) is 0.784. The number of rotatable bonds is 3. The fourth-order valence-electron chi connectivity index (χ4n) is 3.53. The molecule has 5 nitrogen and oxygen atoms in total. The van der Waals surface area contributed by atoms with Gasteiger partial charge in [-0.3, -0.25) is 4.79 Å². The number of nitrogens with zero attached hydrogens (tertiary/aromatic N) is 3. The van der Waals surface area contributed by atoms with Crippen LogP contribution in [0.5, 0.6) is 0 Å². The average molecular weight is 346 g/mol. The number of anilines is 2. The van der Waals surface area contributed by atoms with Gasteiger partial charge in [0.15, 0.2) is 5.82 Å². The first kappa shape index (κ1) is 16.5. The number of hydrogen-bond acceptors (Lipinski definition) is 4. The highest BCUT2D eigenvalue weighted by molar-refractivity contribution is 6.02. The number of nitrogens with one attached hydrogen (secondary N) is 1. The predicted molar refractivity (Wildman–Crippen MR) is 104 cm³/mol. The number of aromatic nitrogens is 2. The van der Waals surface area contributed by atoms with Crippen molar-refractivity contribution in [1.82, 2.24) is 10.2 Å². The molecule has 1 atom stereocenters. The highest BCUT2D eigenvalue weighted by Gasteiger charge is 2.27. The Balaban J connectivity index is 1.50.